The highest BCUT2D eigenvalue weighted by atomic mass is 79.9. The van der Waals surface area contributed by atoms with Crippen LogP contribution in [0.4, 0.5) is 0 Å². The van der Waals surface area contributed by atoms with Crippen LogP contribution in [0.1, 0.15) is 25.1 Å². The van der Waals surface area contributed by atoms with Crippen molar-refractivity contribution >= 4 is 39.1 Å². The van der Waals surface area contributed by atoms with Crippen LogP contribution in [0.15, 0.2) is 22.8 Å². The number of rotatable bonds is 3. The van der Waals surface area contributed by atoms with Gasteiger partial charge >= 0.3 is 0 Å². The van der Waals surface area contributed by atoms with Gasteiger partial charge in [-0.25, -0.2) is 4.68 Å². The van der Waals surface area contributed by atoms with Gasteiger partial charge in [0.1, 0.15) is 11.4 Å². The van der Waals surface area contributed by atoms with Gasteiger partial charge in [-0.1, -0.05) is 51.3 Å². The van der Waals surface area contributed by atoms with Gasteiger partial charge in [-0.05, 0) is 18.6 Å². The van der Waals surface area contributed by atoms with E-state index in [4.69, 9.17) is 23.2 Å². The Labute approximate surface area is 123 Å². The summed E-state index contributed by atoms with van der Waals surface area (Å²) >= 11 is 15.6. The zero-order valence-corrected chi connectivity index (χ0v) is 12.5. The van der Waals surface area contributed by atoms with E-state index in [0.29, 0.717) is 27.8 Å². The van der Waals surface area contributed by atoms with Crippen molar-refractivity contribution in [3.05, 3.63) is 38.5 Å². The second kappa shape index (κ2) is 5.57. The number of hydrogen-bond donors (Lipinski definition) is 1. The summed E-state index contributed by atoms with van der Waals surface area (Å²) in [6, 6.07) is 3.45. The molecule has 1 unspecified atom stereocenters. The van der Waals surface area contributed by atoms with Crippen molar-refractivity contribution in [1.82, 2.24) is 15.0 Å². The molecule has 1 heterocycles. The van der Waals surface area contributed by atoms with E-state index in [2.05, 4.69) is 26.2 Å². The summed E-state index contributed by atoms with van der Waals surface area (Å²) in [5, 5.41) is 18.4. The van der Waals surface area contributed by atoms with Gasteiger partial charge in [0.15, 0.2) is 0 Å². The molecule has 4 nitrogen and oxygen atoms in total. The van der Waals surface area contributed by atoms with Crippen LogP contribution in [-0.4, -0.2) is 20.1 Å². The Kier molecular flexibility index (Phi) is 4.27. The van der Waals surface area contributed by atoms with Gasteiger partial charge in [0, 0.05) is 4.47 Å². The van der Waals surface area contributed by atoms with Gasteiger partial charge < -0.3 is 5.11 Å². The maximum absolute atomic E-state index is 9.68. The summed E-state index contributed by atoms with van der Waals surface area (Å²) in [5.74, 6) is 0. The lowest BCUT2D eigenvalue weighted by Gasteiger charge is -2.06. The first-order chi connectivity index (χ1) is 8.52. The molecule has 2 aromatic rings. The van der Waals surface area contributed by atoms with E-state index in [1.807, 2.05) is 6.92 Å². The molecule has 0 aliphatic heterocycles. The lowest BCUT2D eigenvalue weighted by Crippen LogP contribution is -1.97. The van der Waals surface area contributed by atoms with Crippen LogP contribution in [0.25, 0.3) is 5.69 Å². The maximum atomic E-state index is 9.68. The fraction of sp³-hybridized carbons (Fsp3) is 0.273. The number of benzene rings is 1. The molecule has 0 aliphatic rings. The first-order valence-corrected chi connectivity index (χ1v) is 6.83. The lowest BCUT2D eigenvalue weighted by molar-refractivity contribution is 0.169. The minimum Gasteiger partial charge on any atom is -0.387 e. The third-order valence-electron chi connectivity index (χ3n) is 2.45. The average Bonchev–Trinajstić information content (AvgIpc) is 2.76. The molecule has 1 aromatic carbocycles. The third-order valence-corrected chi connectivity index (χ3v) is 3.48. The molecule has 7 heteroatoms. The van der Waals surface area contributed by atoms with Crippen molar-refractivity contribution in [3.8, 4) is 5.69 Å². The average molecular weight is 351 g/mol. The molecule has 1 aromatic heterocycles. The van der Waals surface area contributed by atoms with Crippen LogP contribution >= 0.6 is 39.1 Å². The van der Waals surface area contributed by atoms with E-state index in [1.165, 1.54) is 4.68 Å². The Hall–Kier alpha value is -0.620. The molecule has 1 atom stereocenters. The largest absolute Gasteiger partial charge is 0.387 e. The van der Waals surface area contributed by atoms with Gasteiger partial charge in [-0.2, -0.15) is 0 Å². The van der Waals surface area contributed by atoms with Gasteiger partial charge in [-0.3, -0.25) is 0 Å². The molecular weight excluding hydrogens is 341 g/mol. The lowest BCUT2D eigenvalue weighted by atomic mass is 10.2. The van der Waals surface area contributed by atoms with Crippen LogP contribution in [0.2, 0.25) is 10.0 Å². The smallest absolute Gasteiger partial charge is 0.112 e. The number of aromatic nitrogens is 3. The highest BCUT2D eigenvalue weighted by Crippen LogP contribution is 2.32. The van der Waals surface area contributed by atoms with Crippen LogP contribution in [-0.2, 0) is 0 Å². The summed E-state index contributed by atoms with van der Waals surface area (Å²) in [4.78, 5) is 0. The predicted octanol–water partition coefficient (Wildman–Crippen LogP) is 3.78. The highest BCUT2D eigenvalue weighted by molar-refractivity contribution is 9.10. The summed E-state index contributed by atoms with van der Waals surface area (Å²) in [7, 11) is 0. The summed E-state index contributed by atoms with van der Waals surface area (Å²) in [5.41, 5.74) is 1.04. The van der Waals surface area contributed by atoms with Crippen LogP contribution < -0.4 is 0 Å². The third kappa shape index (κ3) is 2.69. The van der Waals surface area contributed by atoms with E-state index in [1.54, 1.807) is 18.3 Å². The number of aliphatic hydroxyl groups excluding tert-OH is 1. The first-order valence-electron chi connectivity index (χ1n) is 5.28. The molecule has 0 saturated carbocycles. The molecule has 18 heavy (non-hydrogen) atoms. The monoisotopic (exact) mass is 349 g/mol. The molecule has 1 N–H and O–H groups in total. The molecule has 0 spiro atoms. The molecular formula is C11H10BrCl2N3O. The van der Waals surface area contributed by atoms with Crippen molar-refractivity contribution in [2.75, 3.05) is 0 Å². The molecule has 0 saturated heterocycles. The topological polar surface area (TPSA) is 50.9 Å². The zero-order valence-electron chi connectivity index (χ0n) is 9.44. The number of nitrogens with zero attached hydrogens (tertiary/aromatic N) is 3. The van der Waals surface area contributed by atoms with Gasteiger partial charge in [0.05, 0.1) is 22.3 Å². The predicted molar refractivity (Wildman–Crippen MR) is 74.3 cm³/mol. The van der Waals surface area contributed by atoms with Crippen LogP contribution in [0, 0.1) is 0 Å². The van der Waals surface area contributed by atoms with E-state index in [9.17, 15) is 5.11 Å². The summed E-state index contributed by atoms with van der Waals surface area (Å²) < 4.78 is 2.25. The Balaban J connectivity index is 2.46. The van der Waals surface area contributed by atoms with Crippen LogP contribution in [0.5, 0.6) is 0 Å². The van der Waals surface area contributed by atoms with Crippen LogP contribution in [0.3, 0.4) is 0 Å². The Morgan fingerprint density at radius 2 is 2.00 bits per heavy atom. The van der Waals surface area contributed by atoms with Crippen molar-refractivity contribution in [2.24, 2.45) is 0 Å². The van der Waals surface area contributed by atoms with E-state index >= 15 is 0 Å². The summed E-state index contributed by atoms with van der Waals surface area (Å²) in [6.45, 7) is 1.86. The number of aliphatic hydroxyl groups is 1. The summed E-state index contributed by atoms with van der Waals surface area (Å²) in [6.07, 6.45) is 1.56. The second-order valence-corrected chi connectivity index (χ2v) is 5.46. The Morgan fingerprint density at radius 1 is 1.39 bits per heavy atom. The zero-order chi connectivity index (χ0) is 13.3. The quantitative estimate of drug-likeness (QED) is 0.916. The fourth-order valence-electron chi connectivity index (χ4n) is 1.50. The standard InChI is InChI=1S/C11H10BrCl2N3O/c1-2-10(18)9-5-17(16-15-9)11-7(13)3-6(12)4-8(11)14/h3-5,10,18H,2H2,1H3. The molecule has 2 rings (SSSR count). The SMILES string of the molecule is CCC(O)c1cn(-c2c(Cl)cc(Br)cc2Cl)nn1. The van der Waals surface area contributed by atoms with Gasteiger partial charge in [0.25, 0.3) is 0 Å². The first kappa shape index (κ1) is 13.8. The van der Waals surface area contributed by atoms with Gasteiger partial charge in [0.2, 0.25) is 0 Å². The van der Waals surface area contributed by atoms with Gasteiger partial charge in [-0.15, -0.1) is 5.10 Å². The Bertz CT molecular complexity index is 550. The highest BCUT2D eigenvalue weighted by Gasteiger charge is 2.15. The van der Waals surface area contributed by atoms with E-state index in [0.717, 1.165) is 4.47 Å². The molecule has 0 bridgehead atoms. The van der Waals surface area contributed by atoms with Crippen molar-refractivity contribution in [3.63, 3.8) is 0 Å². The Morgan fingerprint density at radius 3 is 2.56 bits per heavy atom. The normalized spacial score (nSPS) is 12.7. The number of hydrogen-bond acceptors (Lipinski definition) is 3. The maximum Gasteiger partial charge on any atom is 0.112 e. The van der Waals surface area contributed by atoms with Crippen molar-refractivity contribution < 1.29 is 5.11 Å². The minimum absolute atomic E-state index is 0.455. The van der Waals surface area contributed by atoms with E-state index in [-0.39, 0.29) is 0 Å². The number of halogens is 3. The van der Waals surface area contributed by atoms with Crippen molar-refractivity contribution in [2.45, 2.75) is 19.4 Å². The molecule has 0 amide bonds. The van der Waals surface area contributed by atoms with E-state index < -0.39 is 6.10 Å². The molecule has 96 valence electrons. The molecule has 0 aliphatic carbocycles. The minimum atomic E-state index is -0.633. The molecule has 0 fully saturated rings. The second-order valence-electron chi connectivity index (χ2n) is 3.73. The van der Waals surface area contributed by atoms with Crippen molar-refractivity contribution in [1.29, 1.82) is 0 Å². The molecule has 0 radical (unpaired) electrons. The fourth-order valence-corrected chi connectivity index (χ4v) is 2.88.